The largest absolute Gasteiger partial charge is 0.477 e. The van der Waals surface area contributed by atoms with E-state index in [-0.39, 0.29) is 12.5 Å². The Labute approximate surface area is 107 Å². The first-order valence-electron chi connectivity index (χ1n) is 5.42. The molecule has 1 aliphatic rings. The predicted octanol–water partition coefficient (Wildman–Crippen LogP) is 1.66. The zero-order valence-corrected chi connectivity index (χ0v) is 9.90. The molecule has 1 radical (unpaired) electrons. The molecule has 1 N–H and O–H groups in total. The van der Waals surface area contributed by atoms with Crippen molar-refractivity contribution in [3.05, 3.63) is 30.5 Å². The van der Waals surface area contributed by atoms with Crippen LogP contribution in [0.4, 0.5) is 13.2 Å². The Balaban J connectivity index is 2.57. The van der Waals surface area contributed by atoms with E-state index >= 15 is 0 Å². The smallest absolute Gasteiger partial charge is 0.423 e. The zero-order chi connectivity index (χ0) is 13.9. The minimum Gasteiger partial charge on any atom is -0.477 e. The summed E-state index contributed by atoms with van der Waals surface area (Å²) in [5, 5.41) is 2.19. The average molecular weight is 271 g/mol. The maximum atomic E-state index is 13.4. The first-order chi connectivity index (χ1) is 9.01. The molecule has 0 aromatic carbocycles. The molecule has 101 valence electrons. The molecular weight excluding hydrogens is 261 g/mol. The van der Waals surface area contributed by atoms with Crippen LogP contribution in [0.15, 0.2) is 29.8 Å². The Kier molecular flexibility index (Phi) is 3.41. The molecule has 0 saturated heterocycles. The van der Waals surface area contributed by atoms with Gasteiger partial charge in [-0.15, -0.1) is 0 Å². The molecule has 1 atom stereocenters. The number of alkyl halides is 3. The minimum absolute atomic E-state index is 0.173. The highest BCUT2D eigenvalue weighted by Gasteiger charge is 2.59. The van der Waals surface area contributed by atoms with E-state index in [2.05, 4.69) is 20.3 Å². The third-order valence-corrected chi connectivity index (χ3v) is 2.41. The van der Waals surface area contributed by atoms with Gasteiger partial charge in [0.05, 0.1) is 6.61 Å². The van der Waals surface area contributed by atoms with Gasteiger partial charge in [-0.25, -0.2) is 4.98 Å². The second kappa shape index (κ2) is 4.87. The van der Waals surface area contributed by atoms with Gasteiger partial charge in [0.15, 0.2) is 0 Å². The summed E-state index contributed by atoms with van der Waals surface area (Å²) in [6, 6.07) is 0. The van der Waals surface area contributed by atoms with Crippen molar-refractivity contribution in [1.82, 2.24) is 15.3 Å². The highest BCUT2D eigenvalue weighted by molar-refractivity contribution is 5.76. The molecule has 0 spiro atoms. The van der Waals surface area contributed by atoms with E-state index in [4.69, 9.17) is 4.74 Å². The van der Waals surface area contributed by atoms with E-state index < -0.39 is 17.4 Å². The molecule has 5 nitrogen and oxygen atoms in total. The monoisotopic (exact) mass is 271 g/mol. The Morgan fingerprint density at radius 2 is 2.11 bits per heavy atom. The summed E-state index contributed by atoms with van der Waals surface area (Å²) in [7, 11) is 0. The summed E-state index contributed by atoms with van der Waals surface area (Å²) in [4.78, 5) is 10.9. The molecule has 0 amide bonds. The number of ether oxygens (including phenoxy) is 1. The van der Waals surface area contributed by atoms with Crippen LogP contribution in [0.3, 0.4) is 0 Å². The first-order valence-corrected chi connectivity index (χ1v) is 5.42. The summed E-state index contributed by atoms with van der Waals surface area (Å²) >= 11 is 0. The third-order valence-electron chi connectivity index (χ3n) is 2.41. The van der Waals surface area contributed by atoms with Crippen molar-refractivity contribution in [1.29, 1.82) is 0 Å². The maximum absolute atomic E-state index is 13.4. The maximum Gasteiger partial charge on any atom is 0.423 e. The van der Waals surface area contributed by atoms with Crippen molar-refractivity contribution in [3.63, 3.8) is 0 Å². The van der Waals surface area contributed by atoms with Gasteiger partial charge in [-0.2, -0.15) is 13.2 Å². The van der Waals surface area contributed by atoms with E-state index in [0.717, 1.165) is 12.4 Å². The Hall–Kier alpha value is -2.12. The molecule has 1 unspecified atom stereocenters. The summed E-state index contributed by atoms with van der Waals surface area (Å²) < 4.78 is 45.2. The van der Waals surface area contributed by atoms with Gasteiger partial charge in [-0.05, 0) is 6.92 Å². The standard InChI is InChI=1S/C11H10F3N4O/c1-2-19-9-8(16-4-5-17-9)10(11(12,13)14)7-15-3-6-18-10/h3-6,18H,2H2,1H3. The lowest BCUT2D eigenvalue weighted by Crippen LogP contribution is -2.55. The van der Waals surface area contributed by atoms with Crippen LogP contribution < -0.4 is 10.1 Å². The SMILES string of the molecule is CCOc1nccnc1C1(C(F)(F)F)[C]=NC=CN1. The molecular formula is C11H10F3N4O. The van der Waals surface area contributed by atoms with Gasteiger partial charge in [0.25, 0.3) is 0 Å². The normalized spacial score (nSPS) is 22.1. The van der Waals surface area contributed by atoms with Crippen molar-refractivity contribution in [2.24, 2.45) is 4.99 Å². The summed E-state index contributed by atoms with van der Waals surface area (Å²) in [5.41, 5.74) is -3.07. The molecule has 2 rings (SSSR count). The van der Waals surface area contributed by atoms with Gasteiger partial charge in [-0.1, -0.05) is 0 Å². The van der Waals surface area contributed by atoms with Crippen LogP contribution in [-0.2, 0) is 5.54 Å². The molecule has 0 fully saturated rings. The highest BCUT2D eigenvalue weighted by Crippen LogP contribution is 2.40. The molecule has 8 heteroatoms. The Morgan fingerprint density at radius 1 is 1.37 bits per heavy atom. The van der Waals surface area contributed by atoms with E-state index in [1.54, 1.807) is 6.92 Å². The van der Waals surface area contributed by atoms with Gasteiger partial charge in [0.1, 0.15) is 11.9 Å². The number of rotatable bonds is 3. The fourth-order valence-electron chi connectivity index (χ4n) is 1.59. The minimum atomic E-state index is -4.69. The number of aromatic nitrogens is 2. The third kappa shape index (κ3) is 2.25. The van der Waals surface area contributed by atoms with Crippen molar-refractivity contribution in [2.45, 2.75) is 18.6 Å². The van der Waals surface area contributed by atoms with Gasteiger partial charge in [0.2, 0.25) is 11.4 Å². The van der Waals surface area contributed by atoms with Gasteiger partial charge >= 0.3 is 6.18 Å². The number of nitrogens with zero attached hydrogens (tertiary/aromatic N) is 3. The van der Waals surface area contributed by atoms with Gasteiger partial charge < -0.3 is 10.1 Å². The van der Waals surface area contributed by atoms with E-state index in [0.29, 0.717) is 0 Å². The van der Waals surface area contributed by atoms with Crippen LogP contribution in [0.25, 0.3) is 0 Å². The Morgan fingerprint density at radius 3 is 2.68 bits per heavy atom. The second-order valence-electron chi connectivity index (χ2n) is 3.59. The number of hydrogen-bond donors (Lipinski definition) is 1. The van der Waals surface area contributed by atoms with Crippen LogP contribution >= 0.6 is 0 Å². The van der Waals surface area contributed by atoms with Crippen molar-refractivity contribution in [2.75, 3.05) is 6.61 Å². The molecule has 19 heavy (non-hydrogen) atoms. The number of hydrogen-bond acceptors (Lipinski definition) is 5. The van der Waals surface area contributed by atoms with Crippen LogP contribution in [0, 0.1) is 0 Å². The molecule has 2 heterocycles. The summed E-state index contributed by atoms with van der Waals surface area (Å²) in [6.45, 7) is 1.82. The summed E-state index contributed by atoms with van der Waals surface area (Å²) in [5.74, 6) is -0.201. The predicted molar refractivity (Wildman–Crippen MR) is 60.6 cm³/mol. The Bertz CT molecular complexity index is 515. The highest BCUT2D eigenvalue weighted by atomic mass is 19.4. The van der Waals surface area contributed by atoms with Gasteiger partial charge in [-0.3, -0.25) is 9.98 Å². The van der Waals surface area contributed by atoms with Gasteiger partial charge in [0, 0.05) is 24.8 Å². The lowest BCUT2D eigenvalue weighted by atomic mass is 9.95. The molecule has 0 bridgehead atoms. The lowest BCUT2D eigenvalue weighted by Gasteiger charge is -2.32. The second-order valence-corrected chi connectivity index (χ2v) is 3.59. The topological polar surface area (TPSA) is 59.4 Å². The average Bonchev–Trinajstić information content (AvgIpc) is 2.39. The molecule has 0 saturated carbocycles. The van der Waals surface area contributed by atoms with Crippen LogP contribution in [0.1, 0.15) is 12.6 Å². The van der Waals surface area contributed by atoms with E-state index in [1.165, 1.54) is 12.4 Å². The van der Waals surface area contributed by atoms with Crippen molar-refractivity contribution >= 4 is 6.21 Å². The van der Waals surface area contributed by atoms with Crippen LogP contribution in [0.2, 0.25) is 0 Å². The molecule has 1 aromatic heterocycles. The fraction of sp³-hybridized carbons (Fsp3) is 0.364. The zero-order valence-electron chi connectivity index (χ0n) is 9.90. The van der Waals surface area contributed by atoms with Crippen molar-refractivity contribution in [3.8, 4) is 5.88 Å². The number of halogens is 3. The van der Waals surface area contributed by atoms with E-state index in [9.17, 15) is 13.2 Å². The number of nitrogens with one attached hydrogen (secondary N) is 1. The molecule has 0 aliphatic carbocycles. The quantitative estimate of drug-likeness (QED) is 0.908. The number of aliphatic imine (C=N–C) groups is 1. The van der Waals surface area contributed by atoms with E-state index in [1.807, 2.05) is 6.21 Å². The fourth-order valence-corrected chi connectivity index (χ4v) is 1.59. The molecule has 1 aromatic rings. The lowest BCUT2D eigenvalue weighted by molar-refractivity contribution is -0.175. The molecule has 1 aliphatic heterocycles. The van der Waals surface area contributed by atoms with Crippen LogP contribution in [0.5, 0.6) is 5.88 Å². The summed E-state index contributed by atoms with van der Waals surface area (Å²) in [6.07, 6.45) is 1.98. The van der Waals surface area contributed by atoms with Crippen molar-refractivity contribution < 1.29 is 17.9 Å². The van der Waals surface area contributed by atoms with Crippen LogP contribution in [-0.4, -0.2) is 29.0 Å². The first kappa shape index (κ1) is 13.3.